The van der Waals surface area contributed by atoms with E-state index in [1.807, 2.05) is 0 Å². The van der Waals surface area contributed by atoms with E-state index in [1.165, 1.54) is 0 Å². The third-order valence-electron chi connectivity index (χ3n) is 2.35. The number of methoxy groups -OCH3 is 2. The minimum Gasteiger partial charge on any atom is -0.469 e. The second kappa shape index (κ2) is 6.89. The number of nitriles is 1. The fraction of sp³-hybridized carbons (Fsp3) is 0.692. The highest BCUT2D eigenvalue weighted by Crippen LogP contribution is 2.31. The molecule has 7 nitrogen and oxygen atoms in total. The highest BCUT2D eigenvalue weighted by molar-refractivity contribution is 5.90. The zero-order chi connectivity index (χ0) is 16.0. The normalized spacial score (nSPS) is 11.2. The van der Waals surface area contributed by atoms with Crippen LogP contribution in [0.3, 0.4) is 0 Å². The maximum Gasteiger partial charge on any atom is 0.328 e. The molecule has 0 radical (unpaired) electrons. The second-order valence-electron chi connectivity index (χ2n) is 5.20. The first-order valence-electron chi connectivity index (χ1n) is 5.88. The molecule has 112 valence electrons. The first kappa shape index (κ1) is 17.9. The average molecular weight is 285 g/mol. The van der Waals surface area contributed by atoms with Crippen LogP contribution in [0.15, 0.2) is 0 Å². The van der Waals surface area contributed by atoms with Gasteiger partial charge >= 0.3 is 17.9 Å². The van der Waals surface area contributed by atoms with Gasteiger partial charge in [0, 0.05) is 0 Å². The van der Waals surface area contributed by atoms with Gasteiger partial charge in [-0.25, -0.2) is 0 Å². The molecule has 0 aromatic rings. The Morgan fingerprint density at radius 2 is 1.40 bits per heavy atom. The van der Waals surface area contributed by atoms with E-state index in [-0.39, 0.29) is 0 Å². The highest BCUT2D eigenvalue weighted by Gasteiger charge is 2.46. The van der Waals surface area contributed by atoms with E-state index in [0.29, 0.717) is 0 Å². The van der Waals surface area contributed by atoms with Crippen molar-refractivity contribution in [2.75, 3.05) is 14.2 Å². The van der Waals surface area contributed by atoms with E-state index in [9.17, 15) is 19.6 Å². The Balaban J connectivity index is 5.41. The van der Waals surface area contributed by atoms with Crippen LogP contribution in [0.5, 0.6) is 0 Å². The summed E-state index contributed by atoms with van der Waals surface area (Å²) in [5, 5.41) is 9.27. The summed E-state index contributed by atoms with van der Waals surface area (Å²) in [4.78, 5) is 34.9. The summed E-state index contributed by atoms with van der Waals surface area (Å²) in [5.41, 5.74) is -2.81. The fourth-order valence-corrected chi connectivity index (χ4v) is 1.34. The predicted molar refractivity (Wildman–Crippen MR) is 67.2 cm³/mol. The van der Waals surface area contributed by atoms with Crippen molar-refractivity contribution in [1.82, 2.24) is 0 Å². The molecule has 0 saturated carbocycles. The average Bonchev–Trinajstić information content (AvgIpc) is 2.35. The Morgan fingerprint density at radius 3 is 1.65 bits per heavy atom. The molecule has 0 spiro atoms. The molecular formula is C13H19NO6. The van der Waals surface area contributed by atoms with Gasteiger partial charge in [-0.05, 0) is 20.8 Å². The number of esters is 3. The molecule has 0 aliphatic heterocycles. The van der Waals surface area contributed by atoms with Crippen molar-refractivity contribution in [3.63, 3.8) is 0 Å². The van der Waals surface area contributed by atoms with Crippen LogP contribution in [0.25, 0.3) is 0 Å². The van der Waals surface area contributed by atoms with Crippen LogP contribution >= 0.6 is 0 Å². The minimum atomic E-state index is -1.95. The van der Waals surface area contributed by atoms with E-state index in [2.05, 4.69) is 9.47 Å². The molecule has 0 aliphatic carbocycles. The molecule has 0 bridgehead atoms. The molecule has 0 aromatic heterocycles. The van der Waals surface area contributed by atoms with Gasteiger partial charge in [-0.2, -0.15) is 5.26 Å². The van der Waals surface area contributed by atoms with Crippen LogP contribution in [0.4, 0.5) is 0 Å². The molecular weight excluding hydrogens is 266 g/mol. The Labute approximate surface area is 117 Å². The fourth-order valence-electron chi connectivity index (χ4n) is 1.34. The van der Waals surface area contributed by atoms with E-state index in [0.717, 1.165) is 14.2 Å². The number of carbonyl (C=O) groups is 3. The minimum absolute atomic E-state index is 0.579. The number of nitrogens with zero attached hydrogens (tertiary/aromatic N) is 1. The molecule has 20 heavy (non-hydrogen) atoms. The lowest BCUT2D eigenvalue weighted by atomic mass is 9.82. The first-order chi connectivity index (χ1) is 9.10. The van der Waals surface area contributed by atoms with Crippen molar-refractivity contribution in [3.8, 4) is 6.07 Å². The largest absolute Gasteiger partial charge is 0.469 e. The van der Waals surface area contributed by atoms with Gasteiger partial charge in [-0.1, -0.05) is 0 Å². The Kier molecular flexibility index (Phi) is 6.17. The van der Waals surface area contributed by atoms with Crippen molar-refractivity contribution in [2.45, 2.75) is 39.2 Å². The Hall–Kier alpha value is -2.10. The number of rotatable bonds is 5. The molecule has 0 aromatic carbocycles. The summed E-state index contributed by atoms with van der Waals surface area (Å²) in [6.45, 7) is 4.84. The third kappa shape index (κ3) is 5.26. The number of ether oxygens (including phenoxy) is 3. The van der Waals surface area contributed by atoms with Gasteiger partial charge in [0.2, 0.25) is 0 Å². The number of hydrogen-bond donors (Lipinski definition) is 0. The van der Waals surface area contributed by atoms with Gasteiger partial charge in [0.15, 0.2) is 5.41 Å². The van der Waals surface area contributed by atoms with Crippen molar-refractivity contribution in [2.24, 2.45) is 5.41 Å². The van der Waals surface area contributed by atoms with Crippen molar-refractivity contribution in [1.29, 1.82) is 5.26 Å². The van der Waals surface area contributed by atoms with Crippen LogP contribution in [0, 0.1) is 16.7 Å². The molecule has 0 heterocycles. The molecule has 7 heteroatoms. The topological polar surface area (TPSA) is 103 Å². The van der Waals surface area contributed by atoms with Crippen LogP contribution in [0.2, 0.25) is 0 Å². The summed E-state index contributed by atoms with van der Waals surface area (Å²) in [5.74, 6) is -2.54. The molecule has 0 amide bonds. The lowest BCUT2D eigenvalue weighted by molar-refractivity contribution is -0.171. The molecule has 0 aliphatic rings. The van der Waals surface area contributed by atoms with Gasteiger partial charge in [0.25, 0.3) is 0 Å². The van der Waals surface area contributed by atoms with Crippen LogP contribution < -0.4 is 0 Å². The zero-order valence-electron chi connectivity index (χ0n) is 12.3. The van der Waals surface area contributed by atoms with Crippen molar-refractivity contribution < 1.29 is 28.6 Å². The van der Waals surface area contributed by atoms with E-state index in [4.69, 9.17) is 4.74 Å². The van der Waals surface area contributed by atoms with Crippen LogP contribution in [-0.4, -0.2) is 37.7 Å². The zero-order valence-corrected chi connectivity index (χ0v) is 12.3. The summed E-state index contributed by atoms with van der Waals surface area (Å²) >= 11 is 0. The van der Waals surface area contributed by atoms with Crippen LogP contribution in [-0.2, 0) is 28.6 Å². The number of hydrogen-bond acceptors (Lipinski definition) is 7. The Bertz CT molecular complexity index is 411. The van der Waals surface area contributed by atoms with Gasteiger partial charge in [0.1, 0.15) is 5.60 Å². The summed E-state index contributed by atoms with van der Waals surface area (Å²) in [6.07, 6.45) is -1.16. The molecule has 0 unspecified atom stereocenters. The van der Waals surface area contributed by atoms with Crippen molar-refractivity contribution >= 4 is 17.9 Å². The van der Waals surface area contributed by atoms with Crippen LogP contribution in [0.1, 0.15) is 33.6 Å². The van der Waals surface area contributed by atoms with Gasteiger partial charge < -0.3 is 14.2 Å². The maximum atomic E-state index is 12.2. The second-order valence-corrected chi connectivity index (χ2v) is 5.20. The van der Waals surface area contributed by atoms with Gasteiger partial charge in [-0.3, -0.25) is 14.4 Å². The standard InChI is InChI=1S/C13H19NO6/c1-12(2,3)20-11(17)13(8-14,6-9(15)18-4)7-10(16)19-5/h6-7H2,1-5H3. The quantitative estimate of drug-likeness (QED) is 0.547. The Morgan fingerprint density at radius 1 is 1.00 bits per heavy atom. The molecule has 0 rings (SSSR count). The molecule has 0 N–H and O–H groups in total. The lowest BCUT2D eigenvalue weighted by Gasteiger charge is -2.27. The number of carbonyl (C=O) groups excluding carboxylic acids is 3. The monoisotopic (exact) mass is 285 g/mol. The molecule has 0 atom stereocenters. The van der Waals surface area contributed by atoms with E-state index in [1.54, 1.807) is 26.8 Å². The van der Waals surface area contributed by atoms with Crippen molar-refractivity contribution in [3.05, 3.63) is 0 Å². The summed E-state index contributed by atoms with van der Waals surface area (Å²) in [7, 11) is 2.25. The highest BCUT2D eigenvalue weighted by atomic mass is 16.6. The van der Waals surface area contributed by atoms with Gasteiger partial charge in [-0.15, -0.1) is 0 Å². The van der Waals surface area contributed by atoms with Gasteiger partial charge in [0.05, 0.1) is 33.1 Å². The lowest BCUT2D eigenvalue weighted by Crippen LogP contribution is -2.40. The summed E-state index contributed by atoms with van der Waals surface area (Å²) in [6, 6.07) is 1.69. The van der Waals surface area contributed by atoms with E-state index >= 15 is 0 Å². The molecule has 0 fully saturated rings. The molecule has 0 saturated heterocycles. The van der Waals surface area contributed by atoms with E-state index < -0.39 is 41.8 Å². The third-order valence-corrected chi connectivity index (χ3v) is 2.35. The SMILES string of the molecule is COC(=O)CC(C#N)(CC(=O)OC)C(=O)OC(C)(C)C. The summed E-state index contributed by atoms with van der Waals surface area (Å²) < 4.78 is 14.0. The maximum absolute atomic E-state index is 12.2. The predicted octanol–water partition coefficient (Wildman–Crippen LogP) is 0.964. The first-order valence-corrected chi connectivity index (χ1v) is 5.88. The smallest absolute Gasteiger partial charge is 0.328 e.